The summed E-state index contributed by atoms with van der Waals surface area (Å²) in [5.41, 5.74) is 0.578. The molecule has 2 aliphatic heterocycles. The van der Waals surface area contributed by atoms with Crippen LogP contribution in [0.5, 0.6) is 5.75 Å². The lowest BCUT2D eigenvalue weighted by atomic mass is 10.0. The largest absolute Gasteiger partial charge is 0.503 e. The molecule has 9 heteroatoms. The van der Waals surface area contributed by atoms with E-state index in [0.29, 0.717) is 25.6 Å². The lowest BCUT2D eigenvalue weighted by Crippen LogP contribution is -2.44. The molecular weight excluding hydrogens is 432 g/mol. The average molecular weight is 451 g/mol. The van der Waals surface area contributed by atoms with Gasteiger partial charge >= 0.3 is 0 Å². The number of aromatic hydroxyl groups is 1. The van der Waals surface area contributed by atoms with E-state index in [1.54, 1.807) is 4.90 Å². The summed E-state index contributed by atoms with van der Waals surface area (Å²) in [5, 5.41) is 13.0. The second-order valence-electron chi connectivity index (χ2n) is 8.21. The van der Waals surface area contributed by atoms with Gasteiger partial charge in [-0.05, 0) is 23.6 Å². The lowest BCUT2D eigenvalue weighted by molar-refractivity contribution is 0.0653. The van der Waals surface area contributed by atoms with E-state index in [9.17, 15) is 28.3 Å². The normalized spacial score (nSPS) is 16.6. The van der Waals surface area contributed by atoms with Crippen LogP contribution in [0.25, 0.3) is 0 Å². The number of hydrogen-bond donors (Lipinski definition) is 2. The van der Waals surface area contributed by atoms with Gasteiger partial charge in [-0.25, -0.2) is 8.78 Å². The number of carbonyl (C=O) groups is 2. The quantitative estimate of drug-likeness (QED) is 0.640. The molecule has 1 aromatic heterocycles. The van der Waals surface area contributed by atoms with E-state index < -0.39 is 34.6 Å². The van der Waals surface area contributed by atoms with Crippen LogP contribution in [0.1, 0.15) is 43.6 Å². The third kappa shape index (κ3) is 3.55. The van der Waals surface area contributed by atoms with Gasteiger partial charge in [-0.1, -0.05) is 30.3 Å². The van der Waals surface area contributed by atoms with Crippen molar-refractivity contribution in [2.24, 2.45) is 0 Å². The zero-order valence-electron chi connectivity index (χ0n) is 17.3. The Kier molecular flexibility index (Phi) is 4.96. The first-order chi connectivity index (χ1) is 15.8. The molecule has 1 atom stereocenters. The van der Waals surface area contributed by atoms with Crippen molar-refractivity contribution in [1.82, 2.24) is 14.8 Å². The number of nitrogens with one attached hydrogen (secondary N) is 1. The van der Waals surface area contributed by atoms with Gasteiger partial charge in [0, 0.05) is 37.5 Å². The van der Waals surface area contributed by atoms with Crippen LogP contribution < -0.4 is 10.7 Å². The molecular formula is C24H19F2N3O4. The van der Waals surface area contributed by atoms with Gasteiger partial charge < -0.3 is 19.9 Å². The Labute approximate surface area is 186 Å². The Morgan fingerprint density at radius 3 is 2.64 bits per heavy atom. The standard InChI is InChI=1S/C24H19F2N3O4/c25-16-6-5-14(19(26)8-16)9-27-23(32)18-12-29-17-7-13-3-1-2-4-15(13)10-28(11-17)24(33)20(29)22(31)21(18)30/h1-6,8,12,17,31H,7,9-11H2,(H,27,32)/t17-/m0/s1. The van der Waals surface area contributed by atoms with E-state index in [4.69, 9.17) is 0 Å². The fourth-order valence-electron chi connectivity index (χ4n) is 4.46. The Morgan fingerprint density at radius 2 is 1.88 bits per heavy atom. The van der Waals surface area contributed by atoms with Gasteiger partial charge in [-0.3, -0.25) is 14.4 Å². The monoisotopic (exact) mass is 451 g/mol. The molecule has 3 heterocycles. The molecule has 0 aliphatic carbocycles. The first-order valence-electron chi connectivity index (χ1n) is 10.4. The van der Waals surface area contributed by atoms with Gasteiger partial charge in [-0.15, -0.1) is 0 Å². The molecule has 0 saturated heterocycles. The Balaban J connectivity index is 1.50. The van der Waals surface area contributed by atoms with E-state index in [2.05, 4.69) is 5.32 Å². The fourth-order valence-corrected chi connectivity index (χ4v) is 4.46. The van der Waals surface area contributed by atoms with Gasteiger partial charge in [-0.2, -0.15) is 0 Å². The summed E-state index contributed by atoms with van der Waals surface area (Å²) in [6.45, 7) is 0.450. The topological polar surface area (TPSA) is 91.6 Å². The molecule has 168 valence electrons. The summed E-state index contributed by atoms with van der Waals surface area (Å²) < 4.78 is 28.5. The number of amides is 2. The zero-order valence-corrected chi connectivity index (χ0v) is 17.3. The van der Waals surface area contributed by atoms with E-state index in [0.717, 1.165) is 17.2 Å². The molecule has 2 amide bonds. The first-order valence-corrected chi connectivity index (χ1v) is 10.4. The number of rotatable bonds is 3. The summed E-state index contributed by atoms with van der Waals surface area (Å²) >= 11 is 0. The van der Waals surface area contributed by atoms with Crippen molar-refractivity contribution in [3.05, 3.63) is 98.5 Å². The molecule has 3 aromatic rings. The third-order valence-corrected chi connectivity index (χ3v) is 6.16. The van der Waals surface area contributed by atoms with Crippen molar-refractivity contribution >= 4 is 11.8 Å². The zero-order chi connectivity index (χ0) is 23.3. The molecule has 2 aromatic carbocycles. The fraction of sp³-hybridized carbons (Fsp3) is 0.208. The van der Waals surface area contributed by atoms with Crippen LogP contribution in [0.4, 0.5) is 8.78 Å². The summed E-state index contributed by atoms with van der Waals surface area (Å²) in [7, 11) is 0. The molecule has 0 fully saturated rings. The summed E-state index contributed by atoms with van der Waals surface area (Å²) in [5.74, 6) is -3.69. The van der Waals surface area contributed by atoms with Crippen LogP contribution in [-0.4, -0.2) is 32.9 Å². The molecule has 0 saturated carbocycles. The van der Waals surface area contributed by atoms with E-state index in [-0.39, 0.29) is 29.4 Å². The first kappa shape index (κ1) is 20.9. The van der Waals surface area contributed by atoms with Crippen molar-refractivity contribution in [1.29, 1.82) is 0 Å². The second-order valence-corrected chi connectivity index (χ2v) is 8.21. The highest BCUT2D eigenvalue weighted by Crippen LogP contribution is 2.33. The lowest BCUT2D eigenvalue weighted by Gasteiger charge is -2.34. The molecule has 5 rings (SSSR count). The number of hydrogen-bond acceptors (Lipinski definition) is 4. The predicted molar refractivity (Wildman–Crippen MR) is 114 cm³/mol. The Bertz CT molecular complexity index is 1370. The third-order valence-electron chi connectivity index (χ3n) is 6.16. The molecule has 2 N–H and O–H groups in total. The highest BCUT2D eigenvalue weighted by molar-refractivity contribution is 5.99. The Hall–Kier alpha value is -4.01. The molecule has 0 radical (unpaired) electrons. The minimum Gasteiger partial charge on any atom is -0.503 e. The van der Waals surface area contributed by atoms with Crippen LogP contribution in [0.3, 0.4) is 0 Å². The maximum Gasteiger partial charge on any atom is 0.274 e. The van der Waals surface area contributed by atoms with Crippen LogP contribution in [0.2, 0.25) is 0 Å². The number of nitrogens with zero attached hydrogens (tertiary/aromatic N) is 2. The maximum absolute atomic E-state index is 13.9. The molecule has 2 bridgehead atoms. The maximum atomic E-state index is 13.9. The molecule has 7 nitrogen and oxygen atoms in total. The van der Waals surface area contributed by atoms with Crippen LogP contribution in [0, 0.1) is 11.6 Å². The van der Waals surface area contributed by atoms with E-state index in [1.807, 2.05) is 24.3 Å². The smallest absolute Gasteiger partial charge is 0.274 e. The van der Waals surface area contributed by atoms with Crippen LogP contribution in [-0.2, 0) is 19.5 Å². The number of fused-ring (bicyclic) bond motifs is 5. The number of carbonyl (C=O) groups excluding carboxylic acids is 2. The van der Waals surface area contributed by atoms with Crippen molar-refractivity contribution < 1.29 is 23.5 Å². The summed E-state index contributed by atoms with van der Waals surface area (Å²) in [6, 6.07) is 10.4. The highest BCUT2D eigenvalue weighted by atomic mass is 19.1. The molecule has 2 aliphatic rings. The average Bonchev–Trinajstić information content (AvgIpc) is 2.96. The van der Waals surface area contributed by atoms with Crippen molar-refractivity contribution in [2.45, 2.75) is 25.6 Å². The van der Waals surface area contributed by atoms with Crippen molar-refractivity contribution in [3.63, 3.8) is 0 Å². The minimum atomic E-state index is -0.982. The number of benzene rings is 2. The van der Waals surface area contributed by atoms with Crippen molar-refractivity contribution in [3.8, 4) is 5.75 Å². The van der Waals surface area contributed by atoms with Gasteiger partial charge in [0.15, 0.2) is 11.4 Å². The number of aromatic nitrogens is 1. The number of pyridine rings is 1. The van der Waals surface area contributed by atoms with Crippen LogP contribution >= 0.6 is 0 Å². The van der Waals surface area contributed by atoms with Gasteiger partial charge in [0.1, 0.15) is 17.2 Å². The molecule has 33 heavy (non-hydrogen) atoms. The molecule has 0 spiro atoms. The van der Waals surface area contributed by atoms with Gasteiger partial charge in [0.25, 0.3) is 11.8 Å². The summed E-state index contributed by atoms with van der Waals surface area (Å²) in [6.07, 6.45) is 1.83. The predicted octanol–water partition coefficient (Wildman–Crippen LogP) is 2.52. The van der Waals surface area contributed by atoms with Gasteiger partial charge in [0.05, 0.1) is 6.04 Å². The highest BCUT2D eigenvalue weighted by Gasteiger charge is 2.37. The minimum absolute atomic E-state index is 0.0400. The Morgan fingerprint density at radius 1 is 1.12 bits per heavy atom. The van der Waals surface area contributed by atoms with Crippen LogP contribution in [0.15, 0.2) is 53.5 Å². The second kappa shape index (κ2) is 7.84. The van der Waals surface area contributed by atoms with Gasteiger partial charge in [0.2, 0.25) is 5.43 Å². The summed E-state index contributed by atoms with van der Waals surface area (Å²) in [4.78, 5) is 40.1. The molecule has 0 unspecified atom stereocenters. The van der Waals surface area contributed by atoms with Crippen molar-refractivity contribution in [2.75, 3.05) is 6.54 Å². The number of halogens is 2. The van der Waals surface area contributed by atoms with E-state index >= 15 is 0 Å². The van der Waals surface area contributed by atoms with E-state index in [1.165, 1.54) is 16.8 Å². The SMILES string of the molecule is O=C(NCc1ccc(F)cc1F)c1cn2c(c(O)c1=O)C(=O)N1Cc3ccccc3C[C@H]2C1.